The molecule has 0 aromatic carbocycles. The Hall–Kier alpha value is -1.41. The van der Waals surface area contributed by atoms with E-state index in [1.165, 1.54) is 0 Å². The van der Waals surface area contributed by atoms with Crippen LogP contribution in [0, 0.1) is 5.92 Å². The summed E-state index contributed by atoms with van der Waals surface area (Å²) >= 11 is 4.59. The lowest BCUT2D eigenvalue weighted by Crippen LogP contribution is -2.43. The maximum Gasteiger partial charge on any atom is 0.308 e. The van der Waals surface area contributed by atoms with E-state index in [9.17, 15) is 9.59 Å². The van der Waals surface area contributed by atoms with E-state index >= 15 is 0 Å². The third-order valence-corrected chi connectivity index (χ3v) is 1.67. The third kappa shape index (κ3) is 5.27. The fraction of sp³-hybridized carbons (Fsp3) is 0.500. The number of aliphatic carboxylic acids is 2. The molecule has 0 spiro atoms. The smallest absolute Gasteiger partial charge is 0.308 e. The van der Waals surface area contributed by atoms with Crippen LogP contribution in [0.2, 0.25) is 0 Å². The highest BCUT2D eigenvalue weighted by Gasteiger charge is 2.20. The normalized spacial score (nSPS) is 11.5. The molecule has 80 valence electrons. The minimum atomic E-state index is -1.19. The molecule has 8 heteroatoms. The average Bonchev–Trinajstić information content (AvgIpc) is 2.10. The first-order chi connectivity index (χ1) is 6.47. The summed E-state index contributed by atoms with van der Waals surface area (Å²) in [5.41, 5.74) is 2.09. The molecular weight excluding hydrogens is 210 g/mol. The van der Waals surface area contributed by atoms with Crippen LogP contribution < -0.4 is 16.6 Å². The van der Waals surface area contributed by atoms with Gasteiger partial charge in [-0.3, -0.25) is 9.59 Å². The predicted octanol–water partition coefficient (Wildman–Crippen LogP) is -1.50. The fourth-order valence-electron chi connectivity index (χ4n) is 0.725. The Bertz CT molecular complexity index is 245. The lowest BCUT2D eigenvalue weighted by molar-refractivity contribution is -0.148. The Kier molecular flexibility index (Phi) is 5.49. The summed E-state index contributed by atoms with van der Waals surface area (Å²) in [6.45, 7) is -0.0787. The molecule has 6 N–H and O–H groups in total. The van der Waals surface area contributed by atoms with Gasteiger partial charge in [-0.1, -0.05) is 0 Å². The van der Waals surface area contributed by atoms with Crippen molar-refractivity contribution in [3.05, 3.63) is 0 Å². The molecule has 0 saturated carbocycles. The zero-order valence-electron chi connectivity index (χ0n) is 7.19. The number of carboxylic acid groups (broad SMARTS) is 2. The number of carbonyl (C=O) groups is 2. The Morgan fingerprint density at radius 1 is 1.43 bits per heavy atom. The van der Waals surface area contributed by atoms with E-state index < -0.39 is 24.3 Å². The van der Waals surface area contributed by atoms with Gasteiger partial charge >= 0.3 is 11.9 Å². The molecule has 0 aliphatic carbocycles. The van der Waals surface area contributed by atoms with Crippen molar-refractivity contribution >= 4 is 29.3 Å². The monoisotopic (exact) mass is 221 g/mol. The summed E-state index contributed by atoms with van der Waals surface area (Å²) in [4.78, 5) is 20.8. The molecular formula is C6H11N3O4S. The first-order valence-corrected chi connectivity index (χ1v) is 4.07. The van der Waals surface area contributed by atoms with Gasteiger partial charge in [0.1, 0.15) is 0 Å². The molecule has 0 aliphatic rings. The van der Waals surface area contributed by atoms with Gasteiger partial charge in [0, 0.05) is 6.54 Å². The van der Waals surface area contributed by atoms with Crippen molar-refractivity contribution in [1.29, 1.82) is 0 Å². The number of nitrogens with one attached hydrogen (secondary N) is 2. The molecule has 1 unspecified atom stereocenters. The van der Waals surface area contributed by atoms with Crippen LogP contribution >= 0.6 is 12.2 Å². The van der Waals surface area contributed by atoms with Crippen molar-refractivity contribution in [2.75, 3.05) is 6.54 Å². The quantitative estimate of drug-likeness (QED) is 0.216. The van der Waals surface area contributed by atoms with Crippen molar-refractivity contribution < 1.29 is 19.8 Å². The van der Waals surface area contributed by atoms with Crippen molar-refractivity contribution in [3.8, 4) is 0 Å². The largest absolute Gasteiger partial charge is 0.481 e. The number of carboxylic acids is 2. The fourth-order valence-corrected chi connectivity index (χ4v) is 0.808. The predicted molar refractivity (Wildman–Crippen MR) is 51.3 cm³/mol. The molecule has 0 bridgehead atoms. The standard InChI is InChI=1S/C6H11N3O4S/c7-9-6(14)8-2-3(5(12)13)1-4(10)11/h3H,1-2,7H2,(H,10,11)(H,12,13)(H2,8,9,14). The molecule has 0 aromatic rings. The van der Waals surface area contributed by atoms with Gasteiger partial charge < -0.3 is 21.0 Å². The summed E-state index contributed by atoms with van der Waals surface area (Å²) < 4.78 is 0. The van der Waals surface area contributed by atoms with Gasteiger partial charge in [-0.25, -0.2) is 5.84 Å². The van der Waals surface area contributed by atoms with E-state index in [0.717, 1.165) is 0 Å². The summed E-state index contributed by atoms with van der Waals surface area (Å²) in [7, 11) is 0. The van der Waals surface area contributed by atoms with Crippen LogP contribution in [0.15, 0.2) is 0 Å². The van der Waals surface area contributed by atoms with Gasteiger partial charge in [0.2, 0.25) is 0 Å². The highest BCUT2D eigenvalue weighted by molar-refractivity contribution is 7.80. The van der Waals surface area contributed by atoms with E-state index in [2.05, 4.69) is 23.0 Å². The van der Waals surface area contributed by atoms with E-state index in [1.807, 2.05) is 0 Å². The van der Waals surface area contributed by atoms with Crippen molar-refractivity contribution in [2.45, 2.75) is 6.42 Å². The molecule has 0 aliphatic heterocycles. The van der Waals surface area contributed by atoms with Crippen LogP contribution in [0.4, 0.5) is 0 Å². The minimum absolute atomic E-state index is 0.0710. The SMILES string of the molecule is NNC(=S)NCC(CC(=O)O)C(=O)O. The zero-order valence-corrected chi connectivity index (χ0v) is 8.00. The number of thiocarbonyl (C=S) groups is 1. The first kappa shape index (κ1) is 12.6. The zero-order chi connectivity index (χ0) is 11.1. The first-order valence-electron chi connectivity index (χ1n) is 3.66. The van der Waals surface area contributed by atoms with Gasteiger partial charge in [0.25, 0.3) is 0 Å². The Morgan fingerprint density at radius 2 is 2.00 bits per heavy atom. The molecule has 0 fully saturated rings. The average molecular weight is 221 g/mol. The summed E-state index contributed by atoms with van der Waals surface area (Å²) in [5, 5.41) is 19.5. The molecule has 0 amide bonds. The molecule has 0 saturated heterocycles. The van der Waals surface area contributed by atoms with Crippen LogP contribution in [0.3, 0.4) is 0 Å². The molecule has 0 radical (unpaired) electrons. The van der Waals surface area contributed by atoms with Crippen LogP contribution in [0.1, 0.15) is 6.42 Å². The molecule has 0 rings (SSSR count). The van der Waals surface area contributed by atoms with E-state index in [4.69, 9.17) is 16.1 Å². The molecule has 0 aromatic heterocycles. The number of hydrazine groups is 1. The number of hydrogen-bond donors (Lipinski definition) is 5. The third-order valence-electron chi connectivity index (χ3n) is 1.41. The Balaban J connectivity index is 4.04. The van der Waals surface area contributed by atoms with Crippen molar-refractivity contribution in [2.24, 2.45) is 11.8 Å². The number of nitrogens with two attached hydrogens (primary N) is 1. The number of hydrogen-bond acceptors (Lipinski definition) is 4. The van der Waals surface area contributed by atoms with Crippen molar-refractivity contribution in [3.63, 3.8) is 0 Å². The van der Waals surface area contributed by atoms with Crippen LogP contribution in [0.5, 0.6) is 0 Å². The van der Waals surface area contributed by atoms with Gasteiger partial charge in [-0.05, 0) is 12.2 Å². The number of rotatable bonds is 5. The maximum atomic E-state index is 10.5. The second-order valence-corrected chi connectivity index (χ2v) is 2.90. The van der Waals surface area contributed by atoms with E-state index in [0.29, 0.717) is 0 Å². The van der Waals surface area contributed by atoms with E-state index in [1.54, 1.807) is 0 Å². The lowest BCUT2D eigenvalue weighted by Gasteiger charge is -2.11. The van der Waals surface area contributed by atoms with Crippen LogP contribution in [-0.4, -0.2) is 33.8 Å². The maximum absolute atomic E-state index is 10.5. The van der Waals surface area contributed by atoms with Gasteiger partial charge in [-0.15, -0.1) is 0 Å². The molecule has 14 heavy (non-hydrogen) atoms. The van der Waals surface area contributed by atoms with Crippen LogP contribution in [0.25, 0.3) is 0 Å². The van der Waals surface area contributed by atoms with E-state index in [-0.39, 0.29) is 11.7 Å². The van der Waals surface area contributed by atoms with Gasteiger partial charge in [-0.2, -0.15) is 0 Å². The highest BCUT2D eigenvalue weighted by atomic mass is 32.1. The van der Waals surface area contributed by atoms with Gasteiger partial charge in [0.15, 0.2) is 5.11 Å². The van der Waals surface area contributed by atoms with Gasteiger partial charge in [0.05, 0.1) is 12.3 Å². The Labute approximate surface area is 85.2 Å². The summed E-state index contributed by atoms with van der Waals surface area (Å²) in [6.07, 6.45) is -0.463. The topological polar surface area (TPSA) is 125 Å². The van der Waals surface area contributed by atoms with Crippen molar-refractivity contribution in [1.82, 2.24) is 10.7 Å². The summed E-state index contributed by atoms with van der Waals surface area (Å²) in [5.74, 6) is 1.52. The molecule has 0 heterocycles. The summed E-state index contributed by atoms with van der Waals surface area (Å²) in [6, 6.07) is 0. The lowest BCUT2D eigenvalue weighted by atomic mass is 10.1. The van der Waals surface area contributed by atoms with Crippen LogP contribution in [-0.2, 0) is 9.59 Å². The Morgan fingerprint density at radius 3 is 2.36 bits per heavy atom. The highest BCUT2D eigenvalue weighted by Crippen LogP contribution is 2.01. The minimum Gasteiger partial charge on any atom is -0.481 e. The molecule has 1 atom stereocenters. The second-order valence-electron chi connectivity index (χ2n) is 2.49. The second kappa shape index (κ2) is 6.11. The molecule has 7 nitrogen and oxygen atoms in total.